The number of anilines is 2. The second-order valence-corrected chi connectivity index (χ2v) is 5.24. The smallest absolute Gasteiger partial charge is 0.306 e. The molecule has 0 radical (unpaired) electrons. The standard InChI is InChI=1S/C15H18N4O2/c1-16-13-11-4-2-3-5-12(11)17-15(18-13)19-8-6-10(7-9-19)14(20)21/h2-5,10H,6-9H2,1H3,(H,20,21)(H,16,17,18). The minimum atomic E-state index is -0.704. The van der Waals surface area contributed by atoms with Crippen molar-refractivity contribution in [3.05, 3.63) is 24.3 Å². The van der Waals surface area contributed by atoms with Crippen LogP contribution in [0.25, 0.3) is 10.9 Å². The lowest BCUT2D eigenvalue weighted by Gasteiger charge is -2.30. The number of hydrogen-bond donors (Lipinski definition) is 2. The molecule has 0 saturated carbocycles. The van der Waals surface area contributed by atoms with Crippen LogP contribution >= 0.6 is 0 Å². The Morgan fingerprint density at radius 1 is 1.29 bits per heavy atom. The Kier molecular flexibility index (Phi) is 3.60. The van der Waals surface area contributed by atoms with Gasteiger partial charge in [-0.05, 0) is 25.0 Å². The third-order valence-electron chi connectivity index (χ3n) is 3.96. The van der Waals surface area contributed by atoms with E-state index in [0.717, 1.165) is 16.7 Å². The molecule has 6 nitrogen and oxygen atoms in total. The Labute approximate surface area is 122 Å². The first-order valence-corrected chi connectivity index (χ1v) is 7.11. The number of rotatable bonds is 3. The number of carboxylic acid groups (broad SMARTS) is 1. The van der Waals surface area contributed by atoms with Crippen LogP contribution in [0.5, 0.6) is 0 Å². The third kappa shape index (κ3) is 2.61. The van der Waals surface area contributed by atoms with Crippen LogP contribution in [-0.2, 0) is 4.79 Å². The van der Waals surface area contributed by atoms with Crippen molar-refractivity contribution in [1.82, 2.24) is 9.97 Å². The minimum Gasteiger partial charge on any atom is -0.481 e. The van der Waals surface area contributed by atoms with Crippen molar-refractivity contribution in [2.75, 3.05) is 30.4 Å². The Morgan fingerprint density at radius 3 is 2.67 bits per heavy atom. The van der Waals surface area contributed by atoms with Gasteiger partial charge in [-0.15, -0.1) is 0 Å². The molecule has 1 saturated heterocycles. The Morgan fingerprint density at radius 2 is 2.00 bits per heavy atom. The lowest BCUT2D eigenvalue weighted by molar-refractivity contribution is -0.142. The van der Waals surface area contributed by atoms with Gasteiger partial charge < -0.3 is 15.3 Å². The zero-order chi connectivity index (χ0) is 14.8. The molecule has 1 fully saturated rings. The fourth-order valence-electron chi connectivity index (χ4n) is 2.72. The second kappa shape index (κ2) is 5.55. The molecule has 1 aliphatic heterocycles. The maximum atomic E-state index is 11.0. The summed E-state index contributed by atoms with van der Waals surface area (Å²) < 4.78 is 0. The first kappa shape index (κ1) is 13.6. The first-order valence-electron chi connectivity index (χ1n) is 7.11. The highest BCUT2D eigenvalue weighted by molar-refractivity contribution is 5.90. The van der Waals surface area contributed by atoms with Crippen molar-refractivity contribution in [1.29, 1.82) is 0 Å². The summed E-state index contributed by atoms with van der Waals surface area (Å²) in [5, 5.41) is 13.2. The van der Waals surface area contributed by atoms with Gasteiger partial charge >= 0.3 is 5.97 Å². The molecule has 0 bridgehead atoms. The lowest BCUT2D eigenvalue weighted by Crippen LogP contribution is -2.37. The van der Waals surface area contributed by atoms with E-state index in [1.165, 1.54) is 0 Å². The van der Waals surface area contributed by atoms with Crippen molar-refractivity contribution in [3.63, 3.8) is 0 Å². The van der Waals surface area contributed by atoms with Gasteiger partial charge in [0.25, 0.3) is 0 Å². The van der Waals surface area contributed by atoms with Crippen LogP contribution in [0.2, 0.25) is 0 Å². The van der Waals surface area contributed by atoms with Crippen molar-refractivity contribution >= 4 is 28.6 Å². The highest BCUT2D eigenvalue weighted by Crippen LogP contribution is 2.26. The summed E-state index contributed by atoms with van der Waals surface area (Å²) in [5.74, 6) is 0.522. The molecule has 6 heteroatoms. The molecular formula is C15H18N4O2. The normalized spacial score (nSPS) is 16.1. The number of aromatic nitrogens is 2. The van der Waals surface area contributed by atoms with Gasteiger partial charge in [0, 0.05) is 25.5 Å². The largest absolute Gasteiger partial charge is 0.481 e. The van der Waals surface area contributed by atoms with Crippen LogP contribution < -0.4 is 10.2 Å². The monoisotopic (exact) mass is 286 g/mol. The van der Waals surface area contributed by atoms with Crippen LogP contribution in [0.15, 0.2) is 24.3 Å². The van der Waals surface area contributed by atoms with Crippen molar-refractivity contribution in [2.24, 2.45) is 5.92 Å². The number of hydrogen-bond acceptors (Lipinski definition) is 5. The predicted octanol–water partition coefficient (Wildman–Crippen LogP) is 1.97. The quantitative estimate of drug-likeness (QED) is 0.898. The summed E-state index contributed by atoms with van der Waals surface area (Å²) >= 11 is 0. The molecule has 2 aromatic rings. The van der Waals surface area contributed by atoms with Gasteiger partial charge in [0.05, 0.1) is 11.4 Å². The minimum absolute atomic E-state index is 0.245. The average Bonchev–Trinajstić information content (AvgIpc) is 2.53. The number of para-hydroxylation sites is 1. The van der Waals surface area contributed by atoms with Gasteiger partial charge in [-0.25, -0.2) is 4.98 Å². The zero-order valence-corrected chi connectivity index (χ0v) is 11.9. The number of piperidine rings is 1. The summed E-state index contributed by atoms with van der Waals surface area (Å²) in [6, 6.07) is 7.87. The summed E-state index contributed by atoms with van der Waals surface area (Å²) in [4.78, 5) is 22.2. The molecular weight excluding hydrogens is 268 g/mol. The molecule has 0 aliphatic carbocycles. The van der Waals surface area contributed by atoms with Gasteiger partial charge in [-0.3, -0.25) is 4.79 Å². The fourth-order valence-corrected chi connectivity index (χ4v) is 2.72. The van der Waals surface area contributed by atoms with Gasteiger partial charge in [0.15, 0.2) is 0 Å². The highest BCUT2D eigenvalue weighted by atomic mass is 16.4. The summed E-state index contributed by atoms with van der Waals surface area (Å²) in [7, 11) is 1.84. The molecule has 1 aromatic carbocycles. The number of nitrogens with one attached hydrogen (secondary N) is 1. The van der Waals surface area contributed by atoms with E-state index in [9.17, 15) is 4.79 Å². The van der Waals surface area contributed by atoms with Crippen LogP contribution in [-0.4, -0.2) is 41.2 Å². The molecule has 0 atom stereocenters. The second-order valence-electron chi connectivity index (χ2n) is 5.24. The van der Waals surface area contributed by atoms with Crippen molar-refractivity contribution < 1.29 is 9.90 Å². The van der Waals surface area contributed by atoms with Crippen LogP contribution in [0, 0.1) is 5.92 Å². The van der Waals surface area contributed by atoms with Gasteiger partial charge in [-0.1, -0.05) is 12.1 Å². The Bertz CT molecular complexity index is 666. The molecule has 2 N–H and O–H groups in total. The summed E-state index contributed by atoms with van der Waals surface area (Å²) in [6.07, 6.45) is 1.28. The molecule has 3 rings (SSSR count). The topological polar surface area (TPSA) is 78.4 Å². The number of fused-ring (bicyclic) bond motifs is 1. The molecule has 0 amide bonds. The molecule has 110 valence electrons. The van der Waals surface area contributed by atoms with E-state index in [1.807, 2.05) is 31.3 Å². The molecule has 0 unspecified atom stereocenters. The molecule has 2 heterocycles. The van der Waals surface area contributed by atoms with E-state index >= 15 is 0 Å². The van der Waals surface area contributed by atoms with Gasteiger partial charge in [0.1, 0.15) is 5.82 Å². The number of nitrogens with zero attached hydrogens (tertiary/aromatic N) is 3. The third-order valence-corrected chi connectivity index (χ3v) is 3.96. The molecule has 0 spiro atoms. The van der Waals surface area contributed by atoms with Crippen LogP contribution in [0.4, 0.5) is 11.8 Å². The van der Waals surface area contributed by atoms with Gasteiger partial charge in [-0.2, -0.15) is 4.98 Å². The van der Waals surface area contributed by atoms with E-state index < -0.39 is 5.97 Å². The number of benzene rings is 1. The SMILES string of the molecule is CNc1nc(N2CCC(C(=O)O)CC2)nc2ccccc12. The molecule has 1 aromatic heterocycles. The Balaban J connectivity index is 1.89. The van der Waals surface area contributed by atoms with E-state index in [1.54, 1.807) is 0 Å². The molecule has 21 heavy (non-hydrogen) atoms. The molecule has 1 aliphatic rings. The first-order chi connectivity index (χ1) is 10.2. The summed E-state index contributed by atoms with van der Waals surface area (Å²) in [5.41, 5.74) is 0.896. The van der Waals surface area contributed by atoms with E-state index in [-0.39, 0.29) is 5.92 Å². The van der Waals surface area contributed by atoms with Crippen LogP contribution in [0.3, 0.4) is 0 Å². The van der Waals surface area contributed by atoms with E-state index in [0.29, 0.717) is 31.9 Å². The zero-order valence-electron chi connectivity index (χ0n) is 11.9. The van der Waals surface area contributed by atoms with Gasteiger partial charge in [0.2, 0.25) is 5.95 Å². The highest BCUT2D eigenvalue weighted by Gasteiger charge is 2.26. The van der Waals surface area contributed by atoms with Crippen molar-refractivity contribution in [3.8, 4) is 0 Å². The number of carbonyl (C=O) groups is 1. The fraction of sp³-hybridized carbons (Fsp3) is 0.400. The maximum absolute atomic E-state index is 11.0. The Hall–Kier alpha value is -2.37. The van der Waals surface area contributed by atoms with Crippen molar-refractivity contribution in [2.45, 2.75) is 12.8 Å². The lowest BCUT2D eigenvalue weighted by atomic mass is 9.97. The van der Waals surface area contributed by atoms with Crippen LogP contribution in [0.1, 0.15) is 12.8 Å². The maximum Gasteiger partial charge on any atom is 0.306 e. The summed E-state index contributed by atoms with van der Waals surface area (Å²) in [6.45, 7) is 1.36. The predicted molar refractivity (Wildman–Crippen MR) is 81.7 cm³/mol. The number of aliphatic carboxylic acids is 1. The average molecular weight is 286 g/mol. The van der Waals surface area contributed by atoms with E-state index in [2.05, 4.69) is 20.2 Å². The number of carboxylic acids is 1. The van der Waals surface area contributed by atoms with E-state index in [4.69, 9.17) is 5.11 Å².